The molecular weight excluding hydrogens is 825 g/mol. The molecule has 58 heavy (non-hydrogen) atoms. The van der Waals surface area contributed by atoms with Gasteiger partial charge in [0.1, 0.15) is 5.69 Å². The first-order valence-corrected chi connectivity index (χ1v) is 15.1. The SMILES string of the molecule is CC(=O)[O-].CO.COC(=O)c1ccc(C(=O)NCCN(CCN=C([O-])c2ccc(C(=O)OC)cn2)CCN=C([O-])c2ccc(C(=O)OC)cn2)nc1.O.O.O.O.O.[Co+3]. The zero-order chi connectivity index (χ0) is 39.1. The Morgan fingerprint density at radius 3 is 1.21 bits per heavy atom. The van der Waals surface area contributed by atoms with Gasteiger partial charge in [0.25, 0.3) is 5.91 Å². The third-order valence-electron chi connectivity index (χ3n) is 6.28. The second kappa shape index (κ2) is 35.4. The van der Waals surface area contributed by atoms with Crippen LogP contribution in [-0.2, 0) is 35.8 Å². The second-order valence-corrected chi connectivity index (χ2v) is 9.73. The van der Waals surface area contributed by atoms with Crippen LogP contribution in [0.1, 0.15) is 59.9 Å². The zero-order valence-electron chi connectivity index (χ0n) is 31.9. The summed E-state index contributed by atoms with van der Waals surface area (Å²) in [5.41, 5.74) is 0.763. The Labute approximate surface area is 342 Å². The van der Waals surface area contributed by atoms with Crippen molar-refractivity contribution in [3.63, 3.8) is 0 Å². The maximum absolute atomic E-state index is 12.6. The number of methoxy groups -OCH3 is 3. The normalized spacial score (nSPS) is 9.71. The maximum atomic E-state index is 12.6. The Bertz CT molecular complexity index is 1600. The number of amides is 1. The molecule has 0 unspecified atom stereocenters. The Hall–Kier alpha value is -6.03. The summed E-state index contributed by atoms with van der Waals surface area (Å²) in [6, 6.07) is 8.37. The predicted octanol–water partition coefficient (Wildman–Crippen LogP) is -6.88. The van der Waals surface area contributed by atoms with E-state index in [2.05, 4.69) is 44.5 Å². The van der Waals surface area contributed by atoms with Crippen molar-refractivity contribution in [2.45, 2.75) is 6.92 Å². The van der Waals surface area contributed by atoms with Gasteiger partial charge in [0, 0.05) is 69.6 Å². The summed E-state index contributed by atoms with van der Waals surface area (Å²) in [5, 5.41) is 43.6. The average Bonchev–Trinajstić information content (AvgIpc) is 3.17. The Balaban J connectivity index is -0.000000530. The molecule has 3 heterocycles. The minimum atomic E-state index is -1.08. The minimum Gasteiger partial charge on any atom is -0.857 e. The van der Waals surface area contributed by atoms with Crippen LogP contribution in [0.2, 0.25) is 0 Å². The Morgan fingerprint density at radius 1 is 0.621 bits per heavy atom. The van der Waals surface area contributed by atoms with Crippen LogP contribution >= 0.6 is 0 Å². The molecular formula is C33H48CoN7O17. The number of hydrogen-bond acceptors (Lipinski definition) is 18. The van der Waals surface area contributed by atoms with E-state index in [1.54, 1.807) is 0 Å². The van der Waals surface area contributed by atoms with E-state index in [9.17, 15) is 29.4 Å². The van der Waals surface area contributed by atoms with Gasteiger partial charge in [0.15, 0.2) is 0 Å². The fourth-order valence-electron chi connectivity index (χ4n) is 3.79. The number of aliphatic hydroxyl groups excluding tert-OH is 1. The number of carboxylic acids is 1. The molecule has 24 nitrogen and oxygen atoms in total. The van der Waals surface area contributed by atoms with Crippen molar-refractivity contribution in [3.05, 3.63) is 88.8 Å². The molecule has 0 saturated carbocycles. The summed E-state index contributed by atoms with van der Waals surface area (Å²) in [6.45, 7) is 2.11. The van der Waals surface area contributed by atoms with Crippen LogP contribution in [0, 0.1) is 0 Å². The molecule has 0 aliphatic carbocycles. The molecule has 12 N–H and O–H groups in total. The molecule has 0 atom stereocenters. The molecule has 0 saturated heterocycles. The summed E-state index contributed by atoms with van der Waals surface area (Å²) in [7, 11) is 4.71. The molecule has 0 aromatic carbocycles. The van der Waals surface area contributed by atoms with Gasteiger partial charge in [0.2, 0.25) is 0 Å². The molecule has 0 fully saturated rings. The predicted molar refractivity (Wildman–Crippen MR) is 195 cm³/mol. The van der Waals surface area contributed by atoms with E-state index in [-0.39, 0.29) is 111 Å². The topological polar surface area (TPSA) is 439 Å². The van der Waals surface area contributed by atoms with Gasteiger partial charge in [0.05, 0.1) is 62.5 Å². The number of carboxylic acid groups (broad SMARTS) is 1. The molecule has 326 valence electrons. The molecule has 3 aromatic rings. The van der Waals surface area contributed by atoms with Crippen LogP contribution in [0.15, 0.2) is 65.0 Å². The number of nitrogens with zero attached hydrogens (tertiary/aromatic N) is 6. The van der Waals surface area contributed by atoms with E-state index in [0.717, 1.165) is 14.0 Å². The molecule has 0 spiro atoms. The van der Waals surface area contributed by atoms with Crippen LogP contribution in [0.3, 0.4) is 0 Å². The fraction of sp³-hybridized carbons (Fsp3) is 0.333. The smallest absolute Gasteiger partial charge is 0.857 e. The van der Waals surface area contributed by atoms with Crippen molar-refractivity contribution in [2.24, 2.45) is 9.98 Å². The standard InChI is InChI=1S/C30H33N7O9.C2H4O2.CH4O.Co.5H2O/c1-44-28(41)19-4-7-22(34-16-19)25(38)31-10-13-37(14-11-32-26(39)23-8-5-20(17-35-23)29(42)45-2)15-12-33-27(40)24-9-6-21(18-36-24)30(43)46-3;1-2(3)4;1-2;;;;;;/h4-9,16-18H,10-15H2,1-3H3,(H,31,38)(H,32,39)(H,33,40);1H3,(H,3,4);2H,1H3;;5*1H2/q;;;+3;;;;;/p-3. The third kappa shape index (κ3) is 23.1. The average molecular weight is 874 g/mol. The summed E-state index contributed by atoms with van der Waals surface area (Å²) in [6.07, 6.45) is 3.68. The van der Waals surface area contributed by atoms with Gasteiger partial charge in [-0.15, -0.1) is 0 Å². The van der Waals surface area contributed by atoms with Crippen LogP contribution in [0.5, 0.6) is 0 Å². The summed E-state index contributed by atoms with van der Waals surface area (Å²) in [4.78, 5) is 78.0. The molecule has 25 heteroatoms. The number of hydrogen-bond donors (Lipinski definition) is 2. The van der Waals surface area contributed by atoms with Gasteiger partial charge in [-0.25, -0.2) is 14.4 Å². The first-order valence-electron chi connectivity index (χ1n) is 15.1. The van der Waals surface area contributed by atoms with Gasteiger partial charge in [-0.2, -0.15) is 0 Å². The number of rotatable bonds is 15. The van der Waals surface area contributed by atoms with E-state index in [0.29, 0.717) is 6.54 Å². The van der Waals surface area contributed by atoms with E-state index >= 15 is 0 Å². The number of aliphatic hydroxyl groups is 1. The molecule has 0 bridgehead atoms. The van der Waals surface area contributed by atoms with Gasteiger partial charge >= 0.3 is 34.7 Å². The van der Waals surface area contributed by atoms with Crippen LogP contribution in [-0.4, -0.2) is 162 Å². The Morgan fingerprint density at radius 2 is 0.931 bits per heavy atom. The fourth-order valence-corrected chi connectivity index (χ4v) is 3.79. The van der Waals surface area contributed by atoms with Crippen molar-refractivity contribution in [2.75, 3.05) is 67.7 Å². The number of ether oxygens (including phenoxy) is 3. The molecule has 3 aromatic heterocycles. The van der Waals surface area contributed by atoms with Crippen LogP contribution < -0.4 is 20.6 Å². The number of aliphatic imine (C=N–C) groups is 2. The molecule has 0 aliphatic heterocycles. The van der Waals surface area contributed by atoms with Crippen LogP contribution in [0.25, 0.3) is 0 Å². The molecule has 0 aliphatic rings. The minimum absolute atomic E-state index is 0. The molecule has 0 radical (unpaired) electrons. The van der Waals surface area contributed by atoms with Gasteiger partial charge in [-0.1, -0.05) is 0 Å². The summed E-state index contributed by atoms with van der Waals surface area (Å²) < 4.78 is 13.9. The Kier molecular flexibility index (Phi) is 39.0. The number of aliphatic carboxylic acids is 1. The summed E-state index contributed by atoms with van der Waals surface area (Å²) >= 11 is 0. The van der Waals surface area contributed by atoms with Crippen molar-refractivity contribution in [3.8, 4) is 0 Å². The maximum Gasteiger partial charge on any atom is 3.00 e. The van der Waals surface area contributed by atoms with E-state index in [1.807, 2.05) is 4.90 Å². The number of esters is 3. The zero-order valence-corrected chi connectivity index (χ0v) is 32.9. The number of carbonyl (C=O) groups is 5. The number of pyridine rings is 3. The van der Waals surface area contributed by atoms with Crippen molar-refractivity contribution in [1.29, 1.82) is 0 Å². The number of aromatic nitrogens is 3. The summed E-state index contributed by atoms with van der Waals surface area (Å²) in [5.74, 6) is -4.49. The second-order valence-electron chi connectivity index (χ2n) is 9.73. The molecule has 3 rings (SSSR count). The van der Waals surface area contributed by atoms with Crippen molar-refractivity contribution < 1.29 is 103 Å². The third-order valence-corrected chi connectivity index (χ3v) is 6.28. The van der Waals surface area contributed by atoms with E-state index < -0.39 is 41.6 Å². The van der Waals surface area contributed by atoms with Crippen molar-refractivity contribution in [1.82, 2.24) is 25.2 Å². The first kappa shape index (κ1) is 63.9. The van der Waals surface area contributed by atoms with Gasteiger partial charge in [-0.3, -0.25) is 34.6 Å². The monoisotopic (exact) mass is 873 g/mol. The first-order chi connectivity index (χ1) is 24.9. The largest absolute Gasteiger partial charge is 3.00 e. The van der Waals surface area contributed by atoms with E-state index in [1.165, 1.54) is 76.3 Å². The quantitative estimate of drug-likeness (QED) is 0.0620. The van der Waals surface area contributed by atoms with Crippen molar-refractivity contribution >= 4 is 41.6 Å². The number of carbonyl (C=O) groups excluding carboxylic acids is 5. The van der Waals surface area contributed by atoms with Crippen LogP contribution in [0.4, 0.5) is 0 Å². The van der Waals surface area contributed by atoms with E-state index in [4.69, 9.17) is 15.0 Å². The van der Waals surface area contributed by atoms with Gasteiger partial charge < -0.3 is 72.1 Å². The number of nitrogens with one attached hydrogen (secondary N) is 1. The molecule has 1 amide bonds. The van der Waals surface area contributed by atoms with Gasteiger partial charge in [-0.05, 0) is 43.3 Å².